The zero-order valence-corrected chi connectivity index (χ0v) is 14.3. The van der Waals surface area contributed by atoms with Gasteiger partial charge in [0.2, 0.25) is 11.8 Å². The van der Waals surface area contributed by atoms with Gasteiger partial charge >= 0.3 is 0 Å². The van der Waals surface area contributed by atoms with Crippen LogP contribution in [0, 0.1) is 6.92 Å². The Morgan fingerprint density at radius 2 is 1.42 bits per heavy atom. The number of nitrogens with one attached hydrogen (secondary N) is 2. The molecule has 1 aromatic carbocycles. The average molecular weight is 334 g/mol. The highest BCUT2D eigenvalue weighted by molar-refractivity contribution is 6.05. The van der Waals surface area contributed by atoms with Crippen molar-refractivity contribution < 1.29 is 23.9 Å². The summed E-state index contributed by atoms with van der Waals surface area (Å²) >= 11 is 0. The normalized spacial score (nSPS) is 10.0. The monoisotopic (exact) mass is 334 g/mol. The lowest BCUT2D eigenvalue weighted by molar-refractivity contribution is -0.125. The van der Waals surface area contributed by atoms with E-state index in [1.54, 1.807) is 26.0 Å². The number of aryl methyl sites for hydroxylation is 1. The third-order valence-electron chi connectivity index (χ3n) is 2.99. The summed E-state index contributed by atoms with van der Waals surface area (Å²) in [4.78, 5) is 45.5. The summed E-state index contributed by atoms with van der Waals surface area (Å²) in [6, 6.07) is 3.23. The smallest absolute Gasteiger partial charge is 0.231 e. The van der Waals surface area contributed by atoms with Gasteiger partial charge in [0.25, 0.3) is 0 Å². The van der Waals surface area contributed by atoms with Crippen molar-refractivity contribution in [3.63, 3.8) is 0 Å². The molecule has 0 saturated carbocycles. The fraction of sp³-hybridized carbons (Fsp3) is 0.412. The van der Waals surface area contributed by atoms with Crippen LogP contribution < -0.4 is 15.4 Å². The SMILES string of the molecule is CCOc1cc(NC(=O)CC(C)=O)c(C)cc1NC(=O)CC(C)=O. The molecular formula is C17H22N2O5. The van der Waals surface area contributed by atoms with Crippen LogP contribution in [0.2, 0.25) is 0 Å². The number of hydrogen-bond acceptors (Lipinski definition) is 5. The van der Waals surface area contributed by atoms with E-state index in [0.717, 1.165) is 0 Å². The van der Waals surface area contributed by atoms with Crippen molar-refractivity contribution in [2.24, 2.45) is 0 Å². The van der Waals surface area contributed by atoms with Crippen LogP contribution >= 0.6 is 0 Å². The van der Waals surface area contributed by atoms with E-state index in [-0.39, 0.29) is 24.4 Å². The number of benzene rings is 1. The van der Waals surface area contributed by atoms with Gasteiger partial charge < -0.3 is 15.4 Å². The number of carbonyl (C=O) groups excluding carboxylic acids is 4. The van der Waals surface area contributed by atoms with Gasteiger partial charge in [0.05, 0.1) is 25.1 Å². The third-order valence-corrected chi connectivity index (χ3v) is 2.99. The fourth-order valence-corrected chi connectivity index (χ4v) is 2.04. The highest BCUT2D eigenvalue weighted by Crippen LogP contribution is 2.31. The Balaban J connectivity index is 3.03. The molecule has 0 aliphatic rings. The lowest BCUT2D eigenvalue weighted by atomic mass is 10.1. The maximum atomic E-state index is 11.8. The van der Waals surface area contributed by atoms with Gasteiger partial charge in [0.15, 0.2) is 0 Å². The molecule has 0 aliphatic carbocycles. The van der Waals surface area contributed by atoms with Gasteiger partial charge in [0, 0.05) is 11.8 Å². The van der Waals surface area contributed by atoms with Crippen LogP contribution in [0.15, 0.2) is 12.1 Å². The Hall–Kier alpha value is -2.70. The van der Waals surface area contributed by atoms with Crippen molar-refractivity contribution in [1.82, 2.24) is 0 Å². The Morgan fingerprint density at radius 3 is 1.88 bits per heavy atom. The first-order chi connectivity index (χ1) is 11.2. The number of anilines is 2. The van der Waals surface area contributed by atoms with Crippen molar-refractivity contribution in [2.45, 2.75) is 40.5 Å². The minimum atomic E-state index is -0.434. The molecule has 130 valence electrons. The van der Waals surface area contributed by atoms with Gasteiger partial charge in [-0.05, 0) is 39.3 Å². The number of Topliss-reactive ketones (excluding diaryl/α,β-unsaturated/α-hetero) is 2. The summed E-state index contributed by atoms with van der Waals surface area (Å²) < 4.78 is 5.48. The predicted octanol–water partition coefficient (Wildman–Crippen LogP) is 2.23. The average Bonchev–Trinajstić information content (AvgIpc) is 2.42. The van der Waals surface area contributed by atoms with E-state index < -0.39 is 11.8 Å². The van der Waals surface area contributed by atoms with E-state index in [4.69, 9.17) is 4.74 Å². The summed E-state index contributed by atoms with van der Waals surface area (Å²) in [5.74, 6) is -0.950. The van der Waals surface area contributed by atoms with E-state index in [0.29, 0.717) is 29.3 Å². The molecule has 0 spiro atoms. The van der Waals surface area contributed by atoms with Crippen LogP contribution in [0.4, 0.5) is 11.4 Å². The van der Waals surface area contributed by atoms with E-state index in [9.17, 15) is 19.2 Å². The molecule has 0 saturated heterocycles. The first-order valence-corrected chi connectivity index (χ1v) is 7.59. The van der Waals surface area contributed by atoms with Crippen LogP contribution in [0.5, 0.6) is 5.75 Å². The van der Waals surface area contributed by atoms with E-state index in [1.807, 2.05) is 0 Å². The van der Waals surface area contributed by atoms with E-state index >= 15 is 0 Å². The molecule has 0 heterocycles. The molecular weight excluding hydrogens is 312 g/mol. The first kappa shape index (κ1) is 19.3. The molecule has 0 aliphatic heterocycles. The lowest BCUT2D eigenvalue weighted by Gasteiger charge is -2.16. The Kier molecular flexibility index (Phi) is 7.10. The maximum absolute atomic E-state index is 11.8. The zero-order valence-electron chi connectivity index (χ0n) is 14.3. The van der Waals surface area contributed by atoms with Crippen molar-refractivity contribution in [3.8, 4) is 5.75 Å². The Bertz CT molecular complexity index is 667. The number of hydrogen-bond donors (Lipinski definition) is 2. The summed E-state index contributed by atoms with van der Waals surface area (Å²) in [5, 5.41) is 5.28. The van der Waals surface area contributed by atoms with Gasteiger partial charge in [-0.25, -0.2) is 0 Å². The molecule has 7 nitrogen and oxygen atoms in total. The van der Waals surface area contributed by atoms with Gasteiger partial charge in [-0.15, -0.1) is 0 Å². The predicted molar refractivity (Wildman–Crippen MR) is 90.2 cm³/mol. The second-order valence-electron chi connectivity index (χ2n) is 5.45. The zero-order chi connectivity index (χ0) is 18.3. The molecule has 1 aromatic rings. The van der Waals surface area contributed by atoms with Crippen LogP contribution in [-0.2, 0) is 19.2 Å². The third kappa shape index (κ3) is 6.20. The maximum Gasteiger partial charge on any atom is 0.231 e. The summed E-state index contributed by atoms with van der Waals surface area (Å²) in [6.45, 7) is 6.57. The Morgan fingerprint density at radius 1 is 0.917 bits per heavy atom. The number of ketones is 2. The lowest BCUT2D eigenvalue weighted by Crippen LogP contribution is -2.17. The molecule has 1 rings (SSSR count). The molecule has 24 heavy (non-hydrogen) atoms. The van der Waals surface area contributed by atoms with Gasteiger partial charge in [0.1, 0.15) is 17.3 Å². The molecule has 0 atom stereocenters. The molecule has 0 bridgehead atoms. The Labute approximate surface area is 140 Å². The summed E-state index contributed by atoms with van der Waals surface area (Å²) in [6.07, 6.45) is -0.428. The molecule has 0 aromatic heterocycles. The number of amides is 2. The van der Waals surface area contributed by atoms with Crippen molar-refractivity contribution in [1.29, 1.82) is 0 Å². The minimum Gasteiger partial charge on any atom is -0.492 e. The number of rotatable bonds is 8. The van der Waals surface area contributed by atoms with Crippen molar-refractivity contribution in [3.05, 3.63) is 17.7 Å². The molecule has 7 heteroatoms. The van der Waals surface area contributed by atoms with Crippen molar-refractivity contribution >= 4 is 34.8 Å². The second-order valence-corrected chi connectivity index (χ2v) is 5.45. The topological polar surface area (TPSA) is 102 Å². The van der Waals surface area contributed by atoms with Gasteiger partial charge in [-0.3, -0.25) is 19.2 Å². The molecule has 2 amide bonds. The fourth-order valence-electron chi connectivity index (χ4n) is 2.04. The summed E-state index contributed by atoms with van der Waals surface area (Å²) in [5.41, 5.74) is 1.60. The highest BCUT2D eigenvalue weighted by Gasteiger charge is 2.14. The quantitative estimate of drug-likeness (QED) is 0.710. The summed E-state index contributed by atoms with van der Waals surface area (Å²) in [7, 11) is 0. The molecule has 0 fully saturated rings. The van der Waals surface area contributed by atoms with E-state index in [2.05, 4.69) is 10.6 Å². The van der Waals surface area contributed by atoms with Gasteiger partial charge in [-0.2, -0.15) is 0 Å². The highest BCUT2D eigenvalue weighted by atomic mass is 16.5. The van der Waals surface area contributed by atoms with Crippen LogP contribution in [0.25, 0.3) is 0 Å². The van der Waals surface area contributed by atoms with E-state index in [1.165, 1.54) is 13.8 Å². The number of carbonyl (C=O) groups is 4. The van der Waals surface area contributed by atoms with Crippen molar-refractivity contribution in [2.75, 3.05) is 17.2 Å². The minimum absolute atomic E-state index is 0.208. The van der Waals surface area contributed by atoms with Crippen LogP contribution in [-0.4, -0.2) is 30.0 Å². The molecule has 2 N–H and O–H groups in total. The molecule has 0 radical (unpaired) electrons. The first-order valence-electron chi connectivity index (χ1n) is 7.59. The standard InChI is InChI=1S/C17H22N2O5/c1-5-24-15-9-13(18-16(22)7-11(3)20)10(2)6-14(15)19-17(23)8-12(4)21/h6,9H,5,7-8H2,1-4H3,(H,18,22)(H,19,23). The van der Waals surface area contributed by atoms with Gasteiger partial charge in [-0.1, -0.05) is 0 Å². The molecule has 0 unspecified atom stereocenters. The largest absolute Gasteiger partial charge is 0.492 e. The van der Waals surface area contributed by atoms with Crippen LogP contribution in [0.1, 0.15) is 39.2 Å². The second kappa shape index (κ2) is 8.81. The van der Waals surface area contributed by atoms with Crippen LogP contribution in [0.3, 0.4) is 0 Å². The number of ether oxygens (including phenoxy) is 1.